The summed E-state index contributed by atoms with van der Waals surface area (Å²) in [6.45, 7) is 1.96. The molecule has 2 rings (SSSR count). The summed E-state index contributed by atoms with van der Waals surface area (Å²) in [5.41, 5.74) is 1.42. The normalized spacial score (nSPS) is 20.2. The Hall–Kier alpha value is -0.830. The van der Waals surface area contributed by atoms with Gasteiger partial charge in [-0.05, 0) is 26.8 Å². The van der Waals surface area contributed by atoms with Crippen LogP contribution in [0.15, 0.2) is 10.7 Å². The van der Waals surface area contributed by atoms with Crippen molar-refractivity contribution in [3.63, 3.8) is 0 Å². The predicted octanol–water partition coefficient (Wildman–Crippen LogP) is 1.19. The van der Waals surface area contributed by atoms with Crippen LogP contribution in [-0.2, 0) is 5.54 Å². The average molecular weight is 152 g/mol. The van der Waals surface area contributed by atoms with Gasteiger partial charge in [0, 0.05) is 11.1 Å². The van der Waals surface area contributed by atoms with Crippen molar-refractivity contribution in [1.29, 1.82) is 0 Å². The van der Waals surface area contributed by atoms with Crippen LogP contribution in [0.4, 0.5) is 0 Å². The van der Waals surface area contributed by atoms with E-state index in [4.69, 9.17) is 4.52 Å². The van der Waals surface area contributed by atoms with Gasteiger partial charge in [-0.3, -0.25) is 0 Å². The van der Waals surface area contributed by atoms with Crippen molar-refractivity contribution in [1.82, 2.24) is 10.5 Å². The zero-order valence-corrected chi connectivity index (χ0v) is 6.85. The van der Waals surface area contributed by atoms with Crippen LogP contribution < -0.4 is 5.32 Å². The highest BCUT2D eigenvalue weighted by molar-refractivity contribution is 5.29. The van der Waals surface area contributed by atoms with Gasteiger partial charge >= 0.3 is 0 Å². The molecule has 0 bridgehead atoms. The Balaban J connectivity index is 2.35. The maximum Gasteiger partial charge on any atom is 0.138 e. The van der Waals surface area contributed by atoms with Gasteiger partial charge in [0.1, 0.15) is 5.76 Å². The lowest BCUT2D eigenvalue weighted by Crippen LogP contribution is -2.24. The lowest BCUT2D eigenvalue weighted by molar-refractivity contribution is 0.393. The quantitative estimate of drug-likeness (QED) is 0.691. The van der Waals surface area contributed by atoms with Crippen molar-refractivity contribution in [3.05, 3.63) is 17.5 Å². The first-order valence-corrected chi connectivity index (χ1v) is 3.89. The topological polar surface area (TPSA) is 38.1 Å². The standard InChI is InChI=1S/C8H12N2O/c1-6-7(5-10-11-6)8(9-2)3-4-8/h5,9H,3-4H2,1-2H3. The van der Waals surface area contributed by atoms with E-state index in [0.717, 1.165) is 5.76 Å². The zero-order chi connectivity index (χ0) is 7.90. The van der Waals surface area contributed by atoms with Crippen molar-refractivity contribution in [2.75, 3.05) is 7.05 Å². The highest BCUT2D eigenvalue weighted by Gasteiger charge is 2.45. The molecule has 1 aromatic rings. The summed E-state index contributed by atoms with van der Waals surface area (Å²) in [4.78, 5) is 0. The molecule has 0 unspecified atom stereocenters. The molecule has 60 valence electrons. The summed E-state index contributed by atoms with van der Waals surface area (Å²) in [5.74, 6) is 0.942. The van der Waals surface area contributed by atoms with Gasteiger partial charge in [0.15, 0.2) is 0 Å². The minimum atomic E-state index is 0.198. The summed E-state index contributed by atoms with van der Waals surface area (Å²) in [7, 11) is 1.99. The first-order chi connectivity index (χ1) is 5.28. The van der Waals surface area contributed by atoms with Gasteiger partial charge in [-0.25, -0.2) is 0 Å². The van der Waals surface area contributed by atoms with Crippen molar-refractivity contribution < 1.29 is 4.52 Å². The summed E-state index contributed by atoms with van der Waals surface area (Å²) in [6, 6.07) is 0. The predicted molar refractivity (Wildman–Crippen MR) is 41.2 cm³/mol. The highest BCUT2D eigenvalue weighted by atomic mass is 16.5. The van der Waals surface area contributed by atoms with E-state index in [1.165, 1.54) is 18.4 Å². The molecule has 1 aliphatic rings. The lowest BCUT2D eigenvalue weighted by atomic mass is 10.1. The smallest absolute Gasteiger partial charge is 0.138 e. The van der Waals surface area contributed by atoms with Gasteiger partial charge in [-0.1, -0.05) is 5.16 Å². The SMILES string of the molecule is CNC1(c2cnoc2C)CC1. The summed E-state index contributed by atoms with van der Waals surface area (Å²) in [5, 5.41) is 7.06. The van der Waals surface area contributed by atoms with Gasteiger partial charge in [0.25, 0.3) is 0 Å². The van der Waals surface area contributed by atoms with E-state index in [1.807, 2.05) is 20.2 Å². The molecule has 0 saturated heterocycles. The molecule has 0 spiro atoms. The van der Waals surface area contributed by atoms with E-state index in [2.05, 4.69) is 10.5 Å². The van der Waals surface area contributed by atoms with Crippen LogP contribution in [0.25, 0.3) is 0 Å². The molecule has 1 N–H and O–H groups in total. The molecule has 1 heterocycles. The van der Waals surface area contributed by atoms with Crippen molar-refractivity contribution >= 4 is 0 Å². The summed E-state index contributed by atoms with van der Waals surface area (Å²) >= 11 is 0. The van der Waals surface area contributed by atoms with Crippen LogP contribution in [0.2, 0.25) is 0 Å². The second kappa shape index (κ2) is 2.08. The average Bonchev–Trinajstić information content (AvgIpc) is 2.70. The van der Waals surface area contributed by atoms with Gasteiger partial charge in [0.05, 0.1) is 6.20 Å². The molecule has 1 aliphatic carbocycles. The summed E-state index contributed by atoms with van der Waals surface area (Å²) in [6.07, 6.45) is 4.22. The van der Waals surface area contributed by atoms with E-state index < -0.39 is 0 Å². The fourth-order valence-corrected chi connectivity index (χ4v) is 1.54. The molecule has 11 heavy (non-hydrogen) atoms. The Morgan fingerprint density at radius 2 is 2.36 bits per heavy atom. The number of hydrogen-bond acceptors (Lipinski definition) is 3. The van der Waals surface area contributed by atoms with Crippen LogP contribution in [0.3, 0.4) is 0 Å². The molecular weight excluding hydrogens is 140 g/mol. The number of aryl methyl sites for hydroxylation is 1. The van der Waals surface area contributed by atoms with E-state index in [-0.39, 0.29) is 5.54 Å². The van der Waals surface area contributed by atoms with E-state index in [0.29, 0.717) is 0 Å². The monoisotopic (exact) mass is 152 g/mol. The van der Waals surface area contributed by atoms with Crippen LogP contribution in [0.5, 0.6) is 0 Å². The molecule has 0 atom stereocenters. The third-order valence-electron chi connectivity index (χ3n) is 2.49. The zero-order valence-electron chi connectivity index (χ0n) is 6.85. The molecule has 1 saturated carbocycles. The number of nitrogens with zero attached hydrogens (tertiary/aromatic N) is 1. The van der Waals surface area contributed by atoms with Crippen LogP contribution in [-0.4, -0.2) is 12.2 Å². The minimum absolute atomic E-state index is 0.198. The van der Waals surface area contributed by atoms with Crippen molar-refractivity contribution in [3.8, 4) is 0 Å². The fourth-order valence-electron chi connectivity index (χ4n) is 1.54. The Morgan fingerprint density at radius 1 is 1.64 bits per heavy atom. The maximum absolute atomic E-state index is 5.00. The molecule has 0 aliphatic heterocycles. The molecule has 0 amide bonds. The Kier molecular flexibility index (Phi) is 1.29. The number of rotatable bonds is 2. The summed E-state index contributed by atoms with van der Waals surface area (Å²) < 4.78 is 5.00. The van der Waals surface area contributed by atoms with Gasteiger partial charge < -0.3 is 9.84 Å². The first kappa shape index (κ1) is 6.85. The number of hydrogen-bond donors (Lipinski definition) is 1. The molecule has 3 heteroatoms. The second-order valence-corrected chi connectivity index (χ2v) is 3.13. The Bertz CT molecular complexity index is 263. The molecule has 0 radical (unpaired) electrons. The van der Waals surface area contributed by atoms with Crippen molar-refractivity contribution in [2.45, 2.75) is 25.3 Å². The number of aromatic nitrogens is 1. The van der Waals surface area contributed by atoms with E-state index >= 15 is 0 Å². The first-order valence-electron chi connectivity index (χ1n) is 3.89. The number of nitrogens with one attached hydrogen (secondary N) is 1. The molecule has 1 fully saturated rings. The highest BCUT2D eigenvalue weighted by Crippen LogP contribution is 2.46. The van der Waals surface area contributed by atoms with Gasteiger partial charge in [-0.15, -0.1) is 0 Å². The largest absolute Gasteiger partial charge is 0.361 e. The third kappa shape index (κ3) is 0.878. The molecule has 0 aromatic carbocycles. The lowest BCUT2D eigenvalue weighted by Gasteiger charge is -2.10. The van der Waals surface area contributed by atoms with Gasteiger partial charge in [0.2, 0.25) is 0 Å². The fraction of sp³-hybridized carbons (Fsp3) is 0.625. The minimum Gasteiger partial charge on any atom is -0.361 e. The van der Waals surface area contributed by atoms with E-state index in [1.54, 1.807) is 0 Å². The second-order valence-electron chi connectivity index (χ2n) is 3.13. The molecular formula is C8H12N2O. The van der Waals surface area contributed by atoms with Crippen LogP contribution in [0.1, 0.15) is 24.2 Å². The van der Waals surface area contributed by atoms with Gasteiger partial charge in [-0.2, -0.15) is 0 Å². The Morgan fingerprint density at radius 3 is 2.73 bits per heavy atom. The Labute approximate surface area is 65.8 Å². The van der Waals surface area contributed by atoms with Crippen LogP contribution in [0, 0.1) is 6.92 Å². The third-order valence-corrected chi connectivity index (χ3v) is 2.49. The van der Waals surface area contributed by atoms with E-state index in [9.17, 15) is 0 Å². The van der Waals surface area contributed by atoms with Crippen molar-refractivity contribution in [2.24, 2.45) is 0 Å². The molecule has 1 aromatic heterocycles. The molecule has 3 nitrogen and oxygen atoms in total. The maximum atomic E-state index is 5.00. The van der Waals surface area contributed by atoms with Crippen LogP contribution >= 0.6 is 0 Å².